The molecule has 17 nitrogen and oxygen atoms in total. The maximum Gasteiger partial charge on any atom is 0.407 e. The topological polar surface area (TPSA) is 206 Å². The fraction of sp³-hybridized carbons (Fsp3) is 0.500. The number of aromatic nitrogens is 5. The van der Waals surface area contributed by atoms with Gasteiger partial charge in [0.15, 0.2) is 0 Å². The average molecular weight is 981 g/mol. The molecule has 19 heteroatoms. The van der Waals surface area contributed by atoms with Crippen LogP contribution in [0, 0.1) is 23.7 Å². The monoisotopic (exact) mass is 979 g/mol. The summed E-state index contributed by atoms with van der Waals surface area (Å²) in [5.41, 5.74) is 5.30. The Bertz CT molecular complexity index is 2770. The molecular weight excluding hydrogens is 926 g/mol. The highest BCUT2D eigenvalue weighted by atomic mass is 35.5. The second-order valence-corrected chi connectivity index (χ2v) is 20.1. The van der Waals surface area contributed by atoms with Crippen LogP contribution in [0.1, 0.15) is 81.5 Å². The van der Waals surface area contributed by atoms with Gasteiger partial charge in [0, 0.05) is 49.5 Å². The number of pyridine rings is 1. The van der Waals surface area contributed by atoms with Gasteiger partial charge in [0.05, 0.1) is 37.5 Å². The number of halogens is 2. The van der Waals surface area contributed by atoms with E-state index in [4.69, 9.17) is 57.1 Å². The van der Waals surface area contributed by atoms with Gasteiger partial charge in [-0.1, -0.05) is 59.6 Å². The van der Waals surface area contributed by atoms with Gasteiger partial charge in [0.1, 0.15) is 45.4 Å². The zero-order valence-electron chi connectivity index (χ0n) is 38.4. The van der Waals surface area contributed by atoms with Gasteiger partial charge in [-0.05, 0) is 111 Å². The highest BCUT2D eigenvalue weighted by Crippen LogP contribution is 2.54. The van der Waals surface area contributed by atoms with Gasteiger partial charge in [0.25, 0.3) is 0 Å². The molecule has 7 heterocycles. The van der Waals surface area contributed by atoms with E-state index in [9.17, 15) is 19.2 Å². The maximum atomic E-state index is 14.5. The Morgan fingerprint density at radius 1 is 0.623 bits per heavy atom. The number of alkyl carbamates (subject to hydrolysis) is 2. The van der Waals surface area contributed by atoms with Crippen LogP contribution in [0.5, 0.6) is 0 Å². The van der Waals surface area contributed by atoms with Gasteiger partial charge < -0.3 is 49.3 Å². The fourth-order valence-corrected chi connectivity index (χ4v) is 12.1. The molecule has 4 aliphatic heterocycles. The molecule has 4 N–H and O–H groups in total. The molecule has 11 rings (SSSR count). The Hall–Kier alpha value is -5.75. The van der Waals surface area contributed by atoms with Crippen LogP contribution in [-0.4, -0.2) is 124 Å². The van der Waals surface area contributed by atoms with Crippen LogP contribution in [-0.2, 0) is 28.5 Å². The maximum absolute atomic E-state index is 14.5. The Morgan fingerprint density at radius 3 is 1.74 bits per heavy atom. The van der Waals surface area contributed by atoms with Crippen molar-refractivity contribution >= 4 is 58.1 Å². The Morgan fingerprint density at radius 2 is 1.16 bits per heavy atom. The number of nitrogens with zero attached hydrogens (tertiary/aromatic N) is 5. The molecular formula is C50H55Cl2N9O8. The lowest BCUT2D eigenvalue weighted by atomic mass is 9.79. The van der Waals surface area contributed by atoms with Crippen LogP contribution in [0.2, 0.25) is 10.3 Å². The molecule has 2 aliphatic carbocycles. The van der Waals surface area contributed by atoms with Crippen LogP contribution in [0.3, 0.4) is 0 Å². The number of hydrogen-bond acceptors (Lipinski definition) is 11. The van der Waals surface area contributed by atoms with Crippen LogP contribution < -0.4 is 10.6 Å². The Kier molecular flexibility index (Phi) is 12.5. The van der Waals surface area contributed by atoms with E-state index in [2.05, 4.69) is 26.7 Å². The summed E-state index contributed by atoms with van der Waals surface area (Å²) in [6, 6.07) is 16.1. The Balaban J connectivity index is 0.794. The number of benzene rings is 2. The number of piperidine rings is 1. The minimum absolute atomic E-state index is 0.0626. The number of ether oxygens (including phenoxy) is 4. The fourth-order valence-electron chi connectivity index (χ4n) is 11.6. The quantitative estimate of drug-likeness (QED) is 0.0998. The minimum atomic E-state index is -0.731. The first-order valence-electron chi connectivity index (χ1n) is 24.1. The summed E-state index contributed by atoms with van der Waals surface area (Å²) < 4.78 is 21.0. The third-order valence-corrected chi connectivity index (χ3v) is 16.1. The number of likely N-dealkylation sites (tertiary alicyclic amines) is 2. The number of aromatic amines is 2. The zero-order chi connectivity index (χ0) is 47.5. The summed E-state index contributed by atoms with van der Waals surface area (Å²) in [6.07, 6.45) is 5.80. The number of fused-ring (bicyclic) bond motifs is 3. The van der Waals surface area contributed by atoms with Crippen molar-refractivity contribution < 1.29 is 38.1 Å². The highest BCUT2D eigenvalue weighted by Gasteiger charge is 2.57. The molecule has 2 saturated carbocycles. The van der Waals surface area contributed by atoms with Crippen molar-refractivity contribution in [3.63, 3.8) is 0 Å². The summed E-state index contributed by atoms with van der Waals surface area (Å²) in [6.45, 7) is 2.15. The number of methoxy groups -OCH3 is 2. The van der Waals surface area contributed by atoms with Crippen molar-refractivity contribution in [2.45, 2.75) is 94.0 Å². The van der Waals surface area contributed by atoms with Crippen LogP contribution in [0.15, 0.2) is 54.6 Å². The largest absolute Gasteiger partial charge is 0.453 e. The van der Waals surface area contributed by atoms with E-state index in [1.54, 1.807) is 0 Å². The van der Waals surface area contributed by atoms with E-state index < -0.39 is 24.3 Å². The standard InChI is InChI=1S/C50H55Cl2N9O8/c1-66-49(64)56-40(27-13-17-68-18-14-27)47(62)60-35-12-9-31(35)22-37(60)45-54-39(43(51)58-45)26-5-3-25(4-6-26)29-7-10-33-30(21-29)8-11-34(53-33)42-44(52)59-46(55-42)38-24-32-23-36(32)61(38)48(63)41(57-50(65)67-2)28-15-19-69-20-16-28/h3-8,10-11,21,27-28,31-32,35-38,40-41H,9,12-20,22-24H2,1-2H3,(H,54,58)(H,55,59)(H,56,64)(H,57,65)/t31-,32?,35-,36-,37+,38+,40+,41+/m1/s1. The third-order valence-electron chi connectivity index (χ3n) is 15.5. The van der Waals surface area contributed by atoms with E-state index in [0.29, 0.717) is 103 Å². The molecule has 4 amide bonds. The molecule has 6 fully saturated rings. The van der Waals surface area contributed by atoms with Crippen molar-refractivity contribution in [3.05, 3.63) is 76.6 Å². The Labute approximate surface area is 408 Å². The summed E-state index contributed by atoms with van der Waals surface area (Å²) in [4.78, 5) is 79.1. The van der Waals surface area contributed by atoms with Gasteiger partial charge in [-0.2, -0.15) is 0 Å². The molecule has 362 valence electrons. The predicted octanol–water partition coefficient (Wildman–Crippen LogP) is 8.01. The molecule has 0 spiro atoms. The normalized spacial score (nSPS) is 25.3. The lowest BCUT2D eigenvalue weighted by molar-refractivity contribution is -0.140. The van der Waals surface area contributed by atoms with Crippen molar-refractivity contribution in [2.24, 2.45) is 23.7 Å². The lowest BCUT2D eigenvalue weighted by Gasteiger charge is -2.40. The van der Waals surface area contributed by atoms with Crippen LogP contribution in [0.4, 0.5) is 9.59 Å². The number of amides is 4. The van der Waals surface area contributed by atoms with E-state index in [0.717, 1.165) is 59.7 Å². The van der Waals surface area contributed by atoms with E-state index in [1.165, 1.54) is 14.2 Å². The molecule has 4 saturated heterocycles. The van der Waals surface area contributed by atoms with E-state index in [-0.39, 0.29) is 47.8 Å². The number of carbonyl (C=O) groups is 4. The first-order chi connectivity index (χ1) is 33.6. The number of hydrogen-bond donors (Lipinski definition) is 4. The molecule has 69 heavy (non-hydrogen) atoms. The van der Waals surface area contributed by atoms with E-state index in [1.807, 2.05) is 58.3 Å². The SMILES string of the molecule is COC(=O)N[C@H](C(=O)N1[C@@H]2CC2C[C@H]1c1nc(-c2ccc3cc(-c4ccc(-c5nc([C@@H]6C[C@H]7CC[C@H]7N6C(=O)[C@@H](NC(=O)OC)C6CCOCC6)[nH]c5Cl)cc4)ccc3n2)c(Cl)[nH]1)C1CCOCC1. The van der Waals surface area contributed by atoms with Crippen LogP contribution >= 0.6 is 23.2 Å². The molecule has 2 aromatic carbocycles. The van der Waals surface area contributed by atoms with Gasteiger partial charge in [-0.15, -0.1) is 0 Å². The number of rotatable bonds is 11. The van der Waals surface area contributed by atoms with Gasteiger partial charge >= 0.3 is 12.2 Å². The van der Waals surface area contributed by atoms with Crippen molar-refractivity contribution in [1.82, 2.24) is 45.4 Å². The highest BCUT2D eigenvalue weighted by molar-refractivity contribution is 6.32. The molecule has 1 unspecified atom stereocenters. The summed E-state index contributed by atoms with van der Waals surface area (Å²) in [5, 5.41) is 7.36. The summed E-state index contributed by atoms with van der Waals surface area (Å²) in [5.74, 6) is 1.57. The molecule has 3 aromatic heterocycles. The van der Waals surface area contributed by atoms with Crippen molar-refractivity contribution in [3.8, 4) is 33.8 Å². The number of carbonyl (C=O) groups excluding carboxylic acids is 4. The lowest BCUT2D eigenvalue weighted by Crippen LogP contribution is -2.56. The second-order valence-electron chi connectivity index (χ2n) is 19.3. The van der Waals surface area contributed by atoms with Crippen molar-refractivity contribution in [2.75, 3.05) is 40.6 Å². The molecule has 0 radical (unpaired) electrons. The molecule has 5 aromatic rings. The van der Waals surface area contributed by atoms with Crippen molar-refractivity contribution in [1.29, 1.82) is 0 Å². The number of nitrogens with one attached hydrogen (secondary N) is 4. The first kappa shape index (κ1) is 45.7. The van der Waals surface area contributed by atoms with Gasteiger partial charge in [-0.3, -0.25) is 9.59 Å². The van der Waals surface area contributed by atoms with Gasteiger partial charge in [0.2, 0.25) is 11.8 Å². The molecule has 6 aliphatic rings. The summed E-state index contributed by atoms with van der Waals surface area (Å²) in [7, 11) is 2.61. The average Bonchev–Trinajstić information content (AvgIpc) is 3.59. The molecule has 0 bridgehead atoms. The third kappa shape index (κ3) is 8.69. The zero-order valence-corrected chi connectivity index (χ0v) is 39.9. The smallest absolute Gasteiger partial charge is 0.407 e. The molecule has 8 atom stereocenters. The number of imidazole rings is 2. The van der Waals surface area contributed by atoms with E-state index >= 15 is 0 Å². The summed E-state index contributed by atoms with van der Waals surface area (Å²) >= 11 is 13.7. The number of H-pyrrole nitrogens is 2. The van der Waals surface area contributed by atoms with Crippen LogP contribution in [0.25, 0.3) is 44.7 Å². The second kappa shape index (κ2) is 18.9. The first-order valence-corrected chi connectivity index (χ1v) is 24.8. The minimum Gasteiger partial charge on any atom is -0.453 e. The predicted molar refractivity (Wildman–Crippen MR) is 255 cm³/mol. The van der Waals surface area contributed by atoms with Gasteiger partial charge in [-0.25, -0.2) is 24.5 Å².